The molecule has 1 aliphatic heterocycles. The molecule has 1 atom stereocenters. The van der Waals surface area contributed by atoms with Gasteiger partial charge in [0.05, 0.1) is 18.3 Å². The molecule has 112 valence electrons. The molecule has 21 heavy (non-hydrogen) atoms. The number of hydrogen-bond donors (Lipinski definition) is 0. The maximum Gasteiger partial charge on any atom is 0.122 e. The lowest BCUT2D eigenvalue weighted by atomic mass is 9.99. The Bertz CT molecular complexity index is 549. The molecule has 0 radical (unpaired) electrons. The van der Waals surface area contributed by atoms with E-state index >= 15 is 0 Å². The Morgan fingerprint density at radius 3 is 2.95 bits per heavy atom. The molecule has 1 saturated heterocycles. The average Bonchev–Trinajstić information content (AvgIpc) is 2.96. The van der Waals surface area contributed by atoms with E-state index in [1.165, 1.54) is 30.8 Å². The highest BCUT2D eigenvalue weighted by Crippen LogP contribution is 2.30. The summed E-state index contributed by atoms with van der Waals surface area (Å²) in [6.07, 6.45) is 10.8. The first-order chi connectivity index (χ1) is 10.4. The van der Waals surface area contributed by atoms with Gasteiger partial charge in [-0.25, -0.2) is 4.98 Å². The lowest BCUT2D eigenvalue weighted by Crippen LogP contribution is -2.34. The molecule has 0 aromatic carbocycles. The molecule has 0 N–H and O–H groups in total. The number of nitrogens with zero attached hydrogens (tertiary/aromatic N) is 4. The van der Waals surface area contributed by atoms with E-state index in [1.807, 2.05) is 18.5 Å². The minimum Gasteiger partial charge on any atom is -0.334 e. The number of imidazole rings is 1. The summed E-state index contributed by atoms with van der Waals surface area (Å²) in [6.45, 7) is 5.33. The standard InChI is InChI=1S/C17H24N4/c1-2-11-20-13-10-19-17(20)14-21-12-6-4-8-16(21)15-7-3-5-9-18-15/h3,5,7,9-10,13,16H,2,4,6,8,11-12,14H2,1H3/t16-/m1/s1. The maximum atomic E-state index is 4.57. The Morgan fingerprint density at radius 2 is 2.14 bits per heavy atom. The second kappa shape index (κ2) is 6.85. The lowest BCUT2D eigenvalue weighted by molar-refractivity contribution is 0.132. The summed E-state index contributed by atoms with van der Waals surface area (Å²) >= 11 is 0. The number of rotatable bonds is 5. The number of likely N-dealkylation sites (tertiary alicyclic amines) is 1. The van der Waals surface area contributed by atoms with Crippen LogP contribution in [0.4, 0.5) is 0 Å². The zero-order chi connectivity index (χ0) is 14.5. The van der Waals surface area contributed by atoms with Crippen molar-refractivity contribution in [2.24, 2.45) is 0 Å². The second-order valence-electron chi connectivity index (χ2n) is 5.77. The van der Waals surface area contributed by atoms with Crippen molar-refractivity contribution >= 4 is 0 Å². The van der Waals surface area contributed by atoms with Crippen molar-refractivity contribution in [3.8, 4) is 0 Å². The normalized spacial score (nSPS) is 19.8. The Labute approximate surface area is 126 Å². The third-order valence-electron chi connectivity index (χ3n) is 4.25. The molecule has 1 aliphatic rings. The number of aryl methyl sites for hydroxylation is 1. The zero-order valence-corrected chi connectivity index (χ0v) is 12.8. The number of aromatic nitrogens is 3. The fourth-order valence-corrected chi connectivity index (χ4v) is 3.21. The Hall–Kier alpha value is -1.68. The molecule has 0 saturated carbocycles. The van der Waals surface area contributed by atoms with Gasteiger partial charge in [-0.1, -0.05) is 19.4 Å². The van der Waals surface area contributed by atoms with Gasteiger partial charge in [-0.05, 0) is 37.9 Å². The summed E-state index contributed by atoms with van der Waals surface area (Å²) in [5.74, 6) is 1.18. The molecule has 4 heteroatoms. The van der Waals surface area contributed by atoms with E-state index in [0.717, 1.165) is 26.1 Å². The molecule has 2 aromatic rings. The maximum absolute atomic E-state index is 4.57. The summed E-state index contributed by atoms with van der Waals surface area (Å²) in [6, 6.07) is 6.67. The number of piperidine rings is 1. The number of hydrogen-bond acceptors (Lipinski definition) is 3. The van der Waals surface area contributed by atoms with E-state index in [-0.39, 0.29) is 0 Å². The smallest absolute Gasteiger partial charge is 0.122 e. The van der Waals surface area contributed by atoms with Crippen LogP contribution in [0.3, 0.4) is 0 Å². The molecular weight excluding hydrogens is 260 g/mol. The average molecular weight is 284 g/mol. The molecule has 0 spiro atoms. The third kappa shape index (κ3) is 3.32. The molecule has 2 aromatic heterocycles. The second-order valence-corrected chi connectivity index (χ2v) is 5.77. The zero-order valence-electron chi connectivity index (χ0n) is 12.8. The molecule has 1 fully saturated rings. The van der Waals surface area contributed by atoms with Gasteiger partial charge in [0.1, 0.15) is 5.82 Å². The highest BCUT2D eigenvalue weighted by atomic mass is 15.2. The van der Waals surface area contributed by atoms with E-state index in [2.05, 4.69) is 44.7 Å². The summed E-state index contributed by atoms with van der Waals surface area (Å²) in [5, 5.41) is 0. The molecule has 0 aliphatic carbocycles. The van der Waals surface area contributed by atoms with E-state index in [4.69, 9.17) is 0 Å². The Morgan fingerprint density at radius 1 is 1.19 bits per heavy atom. The van der Waals surface area contributed by atoms with Crippen LogP contribution >= 0.6 is 0 Å². The van der Waals surface area contributed by atoms with Gasteiger partial charge >= 0.3 is 0 Å². The Balaban J connectivity index is 1.77. The monoisotopic (exact) mass is 284 g/mol. The summed E-state index contributed by atoms with van der Waals surface area (Å²) in [5.41, 5.74) is 1.20. The van der Waals surface area contributed by atoms with Crippen LogP contribution in [-0.2, 0) is 13.1 Å². The van der Waals surface area contributed by atoms with Gasteiger partial charge in [0.15, 0.2) is 0 Å². The molecular formula is C17H24N4. The van der Waals surface area contributed by atoms with Crippen molar-refractivity contribution in [1.29, 1.82) is 0 Å². The molecule has 0 amide bonds. The molecule has 0 bridgehead atoms. The van der Waals surface area contributed by atoms with Gasteiger partial charge < -0.3 is 4.57 Å². The summed E-state index contributed by atoms with van der Waals surface area (Å²) in [7, 11) is 0. The highest BCUT2D eigenvalue weighted by molar-refractivity contribution is 5.10. The third-order valence-corrected chi connectivity index (χ3v) is 4.25. The first kappa shape index (κ1) is 14.3. The van der Waals surface area contributed by atoms with Crippen LogP contribution in [0.5, 0.6) is 0 Å². The van der Waals surface area contributed by atoms with Crippen molar-refractivity contribution in [3.05, 3.63) is 48.3 Å². The predicted octanol–water partition coefficient (Wildman–Crippen LogP) is 3.42. The van der Waals surface area contributed by atoms with Gasteiger partial charge in [-0.15, -0.1) is 0 Å². The fraction of sp³-hybridized carbons (Fsp3) is 0.529. The van der Waals surface area contributed by atoms with Crippen molar-refractivity contribution in [2.45, 2.75) is 51.7 Å². The summed E-state index contributed by atoms with van der Waals surface area (Å²) < 4.78 is 2.28. The van der Waals surface area contributed by atoms with Gasteiger partial charge in [0, 0.05) is 25.1 Å². The highest BCUT2D eigenvalue weighted by Gasteiger charge is 2.25. The molecule has 4 nitrogen and oxygen atoms in total. The van der Waals surface area contributed by atoms with Crippen LogP contribution in [-0.4, -0.2) is 26.0 Å². The van der Waals surface area contributed by atoms with Gasteiger partial charge in [-0.3, -0.25) is 9.88 Å². The van der Waals surface area contributed by atoms with Crippen LogP contribution in [0.1, 0.15) is 50.2 Å². The SMILES string of the molecule is CCCn1ccnc1CN1CCCC[C@@H]1c1ccccn1. The van der Waals surface area contributed by atoms with Crippen LogP contribution in [0.2, 0.25) is 0 Å². The van der Waals surface area contributed by atoms with E-state index < -0.39 is 0 Å². The van der Waals surface area contributed by atoms with Crippen LogP contribution < -0.4 is 0 Å². The molecule has 0 unspecified atom stereocenters. The van der Waals surface area contributed by atoms with Crippen LogP contribution in [0.15, 0.2) is 36.8 Å². The van der Waals surface area contributed by atoms with E-state index in [9.17, 15) is 0 Å². The van der Waals surface area contributed by atoms with E-state index in [1.54, 1.807) is 0 Å². The van der Waals surface area contributed by atoms with Crippen molar-refractivity contribution in [3.63, 3.8) is 0 Å². The first-order valence-electron chi connectivity index (χ1n) is 8.03. The van der Waals surface area contributed by atoms with Crippen LogP contribution in [0.25, 0.3) is 0 Å². The van der Waals surface area contributed by atoms with Crippen LogP contribution in [0, 0.1) is 0 Å². The molecule has 3 rings (SSSR count). The summed E-state index contributed by atoms with van der Waals surface area (Å²) in [4.78, 5) is 11.7. The topological polar surface area (TPSA) is 34.0 Å². The first-order valence-corrected chi connectivity index (χ1v) is 8.03. The quantitative estimate of drug-likeness (QED) is 0.843. The van der Waals surface area contributed by atoms with Gasteiger partial charge in [0.2, 0.25) is 0 Å². The van der Waals surface area contributed by atoms with Gasteiger partial charge in [0.25, 0.3) is 0 Å². The van der Waals surface area contributed by atoms with Crippen molar-refractivity contribution in [1.82, 2.24) is 19.4 Å². The number of pyridine rings is 1. The largest absolute Gasteiger partial charge is 0.334 e. The van der Waals surface area contributed by atoms with Gasteiger partial charge in [-0.2, -0.15) is 0 Å². The molecule has 3 heterocycles. The van der Waals surface area contributed by atoms with E-state index in [0.29, 0.717) is 6.04 Å². The van der Waals surface area contributed by atoms with Crippen molar-refractivity contribution < 1.29 is 0 Å². The Kier molecular flexibility index (Phi) is 4.65. The predicted molar refractivity (Wildman–Crippen MR) is 83.8 cm³/mol. The van der Waals surface area contributed by atoms with Crippen molar-refractivity contribution in [2.75, 3.05) is 6.54 Å². The fourth-order valence-electron chi connectivity index (χ4n) is 3.21. The lowest BCUT2D eigenvalue weighted by Gasteiger charge is -2.35. The minimum absolute atomic E-state index is 0.437. The minimum atomic E-state index is 0.437.